The number of pyridine rings is 1. The second-order valence-corrected chi connectivity index (χ2v) is 6.48. The molecule has 8 heteroatoms. The Morgan fingerprint density at radius 3 is 2.70 bits per heavy atom. The molecule has 0 unspecified atom stereocenters. The van der Waals surface area contributed by atoms with Gasteiger partial charge in [-0.15, -0.1) is 0 Å². The molecule has 0 spiro atoms. The van der Waals surface area contributed by atoms with Crippen LogP contribution < -0.4 is 10.5 Å². The molecule has 1 aliphatic rings. The van der Waals surface area contributed by atoms with E-state index >= 15 is 0 Å². The molecule has 2 aromatic rings. The van der Waals surface area contributed by atoms with E-state index in [1.54, 1.807) is 19.1 Å². The van der Waals surface area contributed by atoms with E-state index in [-0.39, 0.29) is 11.6 Å². The molecule has 0 aliphatic carbocycles. The molecular formula is C19H19F3N2O3. The Morgan fingerprint density at radius 1 is 1.33 bits per heavy atom. The maximum absolute atomic E-state index is 14.5. The summed E-state index contributed by atoms with van der Waals surface area (Å²) in [5.41, 5.74) is 7.35. The van der Waals surface area contributed by atoms with Gasteiger partial charge in [-0.1, -0.05) is 12.1 Å². The second-order valence-electron chi connectivity index (χ2n) is 6.48. The average Bonchev–Trinajstić information content (AvgIpc) is 2.59. The van der Waals surface area contributed by atoms with Gasteiger partial charge < -0.3 is 15.2 Å². The topological polar surface area (TPSA) is 74.4 Å². The summed E-state index contributed by atoms with van der Waals surface area (Å²) < 4.78 is 49.7. The minimum absolute atomic E-state index is 0.0854. The molecule has 1 aromatic carbocycles. The smallest absolute Gasteiger partial charge is 0.345 e. The molecule has 5 nitrogen and oxygen atoms in total. The molecule has 2 N–H and O–H groups in total. The van der Waals surface area contributed by atoms with Crippen LogP contribution in [0.15, 0.2) is 24.3 Å². The number of ether oxygens (including phenoxy) is 2. The van der Waals surface area contributed by atoms with Gasteiger partial charge in [0.25, 0.3) is 5.91 Å². The highest BCUT2D eigenvalue weighted by Gasteiger charge is 2.31. The monoisotopic (exact) mass is 380 g/mol. The zero-order valence-corrected chi connectivity index (χ0v) is 14.8. The van der Waals surface area contributed by atoms with Gasteiger partial charge in [0.1, 0.15) is 17.6 Å². The second kappa shape index (κ2) is 7.56. The van der Waals surface area contributed by atoms with Gasteiger partial charge in [-0.2, -0.15) is 8.78 Å². The number of hydrogen-bond acceptors (Lipinski definition) is 4. The fourth-order valence-electron chi connectivity index (χ4n) is 3.16. The third kappa shape index (κ3) is 4.05. The fraction of sp³-hybridized carbons (Fsp3) is 0.368. The molecule has 0 radical (unpaired) electrons. The van der Waals surface area contributed by atoms with Crippen LogP contribution in [0.2, 0.25) is 0 Å². The number of nitrogens with two attached hydrogens (primary N) is 1. The molecular weight excluding hydrogens is 361 g/mol. The van der Waals surface area contributed by atoms with Crippen LogP contribution >= 0.6 is 0 Å². The van der Waals surface area contributed by atoms with Crippen LogP contribution in [-0.4, -0.2) is 29.7 Å². The van der Waals surface area contributed by atoms with E-state index in [1.807, 2.05) is 0 Å². The van der Waals surface area contributed by atoms with E-state index in [2.05, 4.69) is 9.72 Å². The van der Waals surface area contributed by atoms with Crippen molar-refractivity contribution in [1.29, 1.82) is 0 Å². The number of amides is 1. The van der Waals surface area contributed by atoms with Crippen molar-refractivity contribution in [2.24, 2.45) is 5.73 Å². The predicted octanol–water partition coefficient (Wildman–Crippen LogP) is 3.62. The Labute approximate surface area is 154 Å². The molecule has 0 fully saturated rings. The summed E-state index contributed by atoms with van der Waals surface area (Å²) in [5, 5.41) is 0. The van der Waals surface area contributed by atoms with Gasteiger partial charge in [-0.05, 0) is 49.9 Å². The van der Waals surface area contributed by atoms with Crippen molar-refractivity contribution in [2.75, 3.05) is 0 Å². The van der Waals surface area contributed by atoms with Crippen LogP contribution in [0, 0.1) is 12.7 Å². The molecule has 1 aromatic heterocycles. The van der Waals surface area contributed by atoms with Crippen molar-refractivity contribution in [2.45, 2.75) is 45.5 Å². The maximum Gasteiger partial charge on any atom is 0.345 e. The largest absolute Gasteiger partial charge is 0.471 e. The summed E-state index contributed by atoms with van der Waals surface area (Å²) in [6, 6.07) is 6.18. The maximum atomic E-state index is 14.5. The highest BCUT2D eigenvalue weighted by atomic mass is 19.3. The van der Waals surface area contributed by atoms with Crippen molar-refractivity contribution in [3.05, 3.63) is 46.9 Å². The van der Waals surface area contributed by atoms with Crippen molar-refractivity contribution in [3.8, 4) is 17.0 Å². The first-order valence-corrected chi connectivity index (χ1v) is 8.46. The number of carbonyl (C=O) groups is 1. The van der Waals surface area contributed by atoms with Gasteiger partial charge in [-0.3, -0.25) is 4.79 Å². The van der Waals surface area contributed by atoms with E-state index in [1.165, 1.54) is 19.1 Å². The van der Waals surface area contributed by atoms with E-state index in [9.17, 15) is 18.0 Å². The molecule has 2 atom stereocenters. The number of fused-ring (bicyclic) bond motifs is 1. The van der Waals surface area contributed by atoms with Gasteiger partial charge in [0.2, 0.25) is 5.88 Å². The van der Waals surface area contributed by atoms with E-state index in [4.69, 9.17) is 10.5 Å². The standard InChI is InChI=1S/C19H19F3N2O3/c1-9-3-4-11(14(20)7-9)13-8-15(17(23)25)24-18-12(13)5-6-16(27-18)10(2)26-19(21)22/h3-4,7-8,10,16,19H,5-6H2,1-2H3,(H2,23,25)/t10-,16+/m1/s1. The number of nitrogens with zero attached hydrogens (tertiary/aromatic N) is 1. The van der Waals surface area contributed by atoms with Crippen molar-refractivity contribution >= 4 is 5.91 Å². The molecule has 27 heavy (non-hydrogen) atoms. The van der Waals surface area contributed by atoms with Crippen LogP contribution in [0.4, 0.5) is 13.2 Å². The number of aryl methyl sites for hydroxylation is 1. The number of primary amides is 1. The first-order chi connectivity index (χ1) is 12.8. The van der Waals surface area contributed by atoms with E-state index in [0.29, 0.717) is 29.5 Å². The molecule has 1 amide bonds. The van der Waals surface area contributed by atoms with E-state index in [0.717, 1.165) is 5.56 Å². The Bertz CT molecular complexity index is 874. The number of carbonyl (C=O) groups excluding carboxylic acids is 1. The summed E-state index contributed by atoms with van der Waals surface area (Å²) >= 11 is 0. The SMILES string of the molecule is Cc1ccc(-c2cc(C(N)=O)nc3c2CC[C@@H]([C@@H](C)OC(F)F)O3)c(F)c1. The Balaban J connectivity index is 2.05. The third-order valence-corrected chi connectivity index (χ3v) is 4.54. The van der Waals surface area contributed by atoms with Gasteiger partial charge >= 0.3 is 6.61 Å². The lowest BCUT2D eigenvalue weighted by Gasteiger charge is -2.30. The van der Waals surface area contributed by atoms with Crippen LogP contribution in [0.3, 0.4) is 0 Å². The minimum Gasteiger partial charge on any atom is -0.471 e. The Hall–Kier alpha value is -2.61. The average molecular weight is 380 g/mol. The number of alkyl halides is 2. The number of rotatable bonds is 5. The molecule has 144 valence electrons. The predicted molar refractivity (Wildman–Crippen MR) is 92.2 cm³/mol. The van der Waals surface area contributed by atoms with Crippen molar-refractivity contribution in [1.82, 2.24) is 4.98 Å². The molecule has 0 saturated carbocycles. The third-order valence-electron chi connectivity index (χ3n) is 4.54. The molecule has 1 aliphatic heterocycles. The quantitative estimate of drug-likeness (QED) is 0.860. The highest BCUT2D eigenvalue weighted by molar-refractivity contribution is 5.93. The number of benzene rings is 1. The normalized spacial score (nSPS) is 17.3. The molecule has 3 rings (SSSR count). The lowest BCUT2D eigenvalue weighted by molar-refractivity contribution is -0.180. The number of halogens is 3. The highest BCUT2D eigenvalue weighted by Crippen LogP contribution is 2.37. The summed E-state index contributed by atoms with van der Waals surface area (Å²) in [6.07, 6.45) is -0.750. The minimum atomic E-state index is -2.92. The first-order valence-electron chi connectivity index (χ1n) is 8.46. The molecule has 0 bridgehead atoms. The van der Waals surface area contributed by atoms with E-state index < -0.39 is 30.5 Å². The Kier molecular flexibility index (Phi) is 5.36. The van der Waals surface area contributed by atoms with Crippen molar-refractivity contribution < 1.29 is 27.4 Å². The zero-order chi connectivity index (χ0) is 19.7. The number of aromatic nitrogens is 1. The summed E-state index contributed by atoms with van der Waals surface area (Å²) in [7, 11) is 0. The summed E-state index contributed by atoms with van der Waals surface area (Å²) in [4.78, 5) is 15.8. The molecule has 2 heterocycles. The van der Waals surface area contributed by atoms with Gasteiger partial charge in [0, 0.05) is 11.1 Å². The van der Waals surface area contributed by atoms with Crippen molar-refractivity contribution in [3.63, 3.8) is 0 Å². The first kappa shape index (κ1) is 19.2. The Morgan fingerprint density at radius 2 is 2.07 bits per heavy atom. The summed E-state index contributed by atoms with van der Waals surface area (Å²) in [6.45, 7) is 0.314. The van der Waals surface area contributed by atoms with Crippen LogP contribution in [0.5, 0.6) is 5.88 Å². The zero-order valence-electron chi connectivity index (χ0n) is 14.8. The molecule has 0 saturated heterocycles. The fourth-order valence-corrected chi connectivity index (χ4v) is 3.16. The van der Waals surface area contributed by atoms with Gasteiger partial charge in [0.15, 0.2) is 0 Å². The lowest BCUT2D eigenvalue weighted by Crippen LogP contribution is -2.36. The van der Waals surface area contributed by atoms with Crippen LogP contribution in [0.25, 0.3) is 11.1 Å². The lowest BCUT2D eigenvalue weighted by atomic mass is 9.92. The number of hydrogen-bond donors (Lipinski definition) is 1. The van der Waals surface area contributed by atoms with Gasteiger partial charge in [0.05, 0.1) is 6.10 Å². The van der Waals surface area contributed by atoms with Crippen LogP contribution in [-0.2, 0) is 11.2 Å². The summed E-state index contributed by atoms with van der Waals surface area (Å²) in [5.74, 6) is -1.16. The van der Waals surface area contributed by atoms with Gasteiger partial charge in [-0.25, -0.2) is 9.37 Å². The van der Waals surface area contributed by atoms with Crippen LogP contribution in [0.1, 0.15) is 35.0 Å².